The molecule has 0 unspecified atom stereocenters. The summed E-state index contributed by atoms with van der Waals surface area (Å²) in [4.78, 5) is 11.8. The van der Waals surface area contributed by atoms with Gasteiger partial charge in [0.05, 0.1) is 23.2 Å². The van der Waals surface area contributed by atoms with Crippen molar-refractivity contribution in [1.82, 2.24) is 15.0 Å². The van der Waals surface area contributed by atoms with Gasteiger partial charge in [-0.05, 0) is 12.5 Å². The van der Waals surface area contributed by atoms with Crippen LogP contribution in [0.25, 0.3) is 11.0 Å². The quantitative estimate of drug-likeness (QED) is 0.768. The molecule has 2 heterocycles. The van der Waals surface area contributed by atoms with Crippen LogP contribution in [0.1, 0.15) is 24.7 Å². The van der Waals surface area contributed by atoms with Gasteiger partial charge in [0.25, 0.3) is 0 Å². The van der Waals surface area contributed by atoms with E-state index in [1.54, 1.807) is 6.33 Å². The fraction of sp³-hybridized carbons (Fsp3) is 0.400. The first-order valence-electron chi connectivity index (χ1n) is 4.87. The lowest BCUT2D eigenvalue weighted by Gasteiger charge is -2.02. The lowest BCUT2D eigenvalue weighted by atomic mass is 10.2. The summed E-state index contributed by atoms with van der Waals surface area (Å²) in [6, 6.07) is 1.96. The van der Waals surface area contributed by atoms with E-state index >= 15 is 0 Å². The fourth-order valence-electron chi connectivity index (χ4n) is 1.59. The van der Waals surface area contributed by atoms with Gasteiger partial charge in [-0.2, -0.15) is 0 Å². The van der Waals surface area contributed by atoms with Gasteiger partial charge in [0.2, 0.25) is 0 Å². The van der Waals surface area contributed by atoms with Gasteiger partial charge >= 0.3 is 0 Å². The molecular formula is C10H14N4. The Labute approximate surface area is 82.6 Å². The van der Waals surface area contributed by atoms with Crippen LogP contribution in [-0.2, 0) is 13.0 Å². The Balaban J connectivity index is 2.58. The third kappa shape index (κ3) is 1.48. The van der Waals surface area contributed by atoms with E-state index in [-0.39, 0.29) is 0 Å². The van der Waals surface area contributed by atoms with Crippen molar-refractivity contribution in [1.29, 1.82) is 0 Å². The van der Waals surface area contributed by atoms with E-state index in [1.165, 1.54) is 0 Å². The number of rotatable bonds is 3. The Bertz CT molecular complexity index is 433. The van der Waals surface area contributed by atoms with Crippen molar-refractivity contribution in [2.45, 2.75) is 26.3 Å². The average molecular weight is 190 g/mol. The minimum Gasteiger partial charge on any atom is -0.344 e. The third-order valence-electron chi connectivity index (χ3n) is 2.23. The van der Waals surface area contributed by atoms with Crippen LogP contribution >= 0.6 is 0 Å². The van der Waals surface area contributed by atoms with E-state index in [4.69, 9.17) is 5.73 Å². The molecule has 2 aromatic heterocycles. The van der Waals surface area contributed by atoms with Gasteiger partial charge in [0.1, 0.15) is 5.52 Å². The van der Waals surface area contributed by atoms with Crippen molar-refractivity contribution in [2.75, 3.05) is 0 Å². The summed E-state index contributed by atoms with van der Waals surface area (Å²) in [5, 5.41) is 0. The molecule has 3 N–H and O–H groups in total. The Kier molecular flexibility index (Phi) is 2.45. The minimum absolute atomic E-state index is 0.478. The predicted octanol–water partition coefficient (Wildman–Crippen LogP) is 1.37. The van der Waals surface area contributed by atoms with E-state index in [1.807, 2.05) is 6.07 Å². The predicted molar refractivity (Wildman–Crippen MR) is 55.8 cm³/mol. The number of H-pyrrole nitrogens is 1. The molecule has 0 atom stereocenters. The van der Waals surface area contributed by atoms with Gasteiger partial charge in [-0.15, -0.1) is 0 Å². The molecule has 74 valence electrons. The van der Waals surface area contributed by atoms with E-state index < -0.39 is 0 Å². The third-order valence-corrected chi connectivity index (χ3v) is 2.23. The molecule has 2 aromatic rings. The van der Waals surface area contributed by atoms with E-state index in [0.717, 1.165) is 35.3 Å². The summed E-state index contributed by atoms with van der Waals surface area (Å²) in [7, 11) is 0. The Morgan fingerprint density at radius 2 is 2.36 bits per heavy atom. The number of nitrogens with zero attached hydrogens (tertiary/aromatic N) is 2. The number of fused-ring (bicyclic) bond motifs is 1. The number of aromatic amines is 1. The SMILES string of the molecule is CCCc1nc(CN)cc2[nH]cnc12. The van der Waals surface area contributed by atoms with Crippen LogP contribution in [0.4, 0.5) is 0 Å². The van der Waals surface area contributed by atoms with Crippen LogP contribution in [0, 0.1) is 0 Å². The second-order valence-electron chi connectivity index (χ2n) is 3.31. The number of nitrogens with two attached hydrogens (primary N) is 1. The number of hydrogen-bond donors (Lipinski definition) is 2. The Morgan fingerprint density at radius 1 is 1.50 bits per heavy atom. The Hall–Kier alpha value is -1.42. The van der Waals surface area contributed by atoms with Crippen LogP contribution in [0.3, 0.4) is 0 Å². The molecule has 0 aliphatic rings. The van der Waals surface area contributed by atoms with Crippen molar-refractivity contribution < 1.29 is 0 Å². The maximum absolute atomic E-state index is 5.58. The number of pyridine rings is 1. The molecule has 0 fully saturated rings. The van der Waals surface area contributed by atoms with Crippen LogP contribution in [0.5, 0.6) is 0 Å². The molecular weight excluding hydrogens is 176 g/mol. The first-order valence-corrected chi connectivity index (χ1v) is 4.87. The summed E-state index contributed by atoms with van der Waals surface area (Å²) < 4.78 is 0. The number of hydrogen-bond acceptors (Lipinski definition) is 3. The smallest absolute Gasteiger partial charge is 0.110 e. The zero-order chi connectivity index (χ0) is 9.97. The summed E-state index contributed by atoms with van der Waals surface area (Å²) in [5.74, 6) is 0. The molecule has 0 aliphatic carbocycles. The molecule has 0 saturated heterocycles. The summed E-state index contributed by atoms with van der Waals surface area (Å²) in [6.07, 6.45) is 3.73. The first kappa shape index (κ1) is 9.15. The highest BCUT2D eigenvalue weighted by Gasteiger charge is 2.06. The summed E-state index contributed by atoms with van der Waals surface area (Å²) in [6.45, 7) is 2.61. The highest BCUT2D eigenvalue weighted by Crippen LogP contribution is 2.15. The maximum atomic E-state index is 5.58. The first-order chi connectivity index (χ1) is 6.85. The monoisotopic (exact) mass is 190 g/mol. The number of aryl methyl sites for hydroxylation is 1. The van der Waals surface area contributed by atoms with Gasteiger partial charge in [-0.25, -0.2) is 4.98 Å². The van der Waals surface area contributed by atoms with E-state index in [9.17, 15) is 0 Å². The number of aromatic nitrogens is 3. The highest BCUT2D eigenvalue weighted by atomic mass is 14.9. The Morgan fingerprint density at radius 3 is 3.07 bits per heavy atom. The van der Waals surface area contributed by atoms with Gasteiger partial charge in [0.15, 0.2) is 0 Å². The van der Waals surface area contributed by atoms with Gasteiger partial charge < -0.3 is 10.7 Å². The van der Waals surface area contributed by atoms with Crippen molar-refractivity contribution in [3.8, 4) is 0 Å². The fourth-order valence-corrected chi connectivity index (χ4v) is 1.59. The zero-order valence-electron chi connectivity index (χ0n) is 8.25. The molecule has 2 rings (SSSR count). The van der Waals surface area contributed by atoms with Gasteiger partial charge in [-0.3, -0.25) is 4.98 Å². The molecule has 0 spiro atoms. The number of nitrogens with one attached hydrogen (secondary N) is 1. The standard InChI is InChI=1S/C10H14N4/c1-2-3-8-10-9(12-6-13-10)4-7(5-11)14-8/h4,6H,2-3,5,11H2,1H3,(H,12,13). The summed E-state index contributed by atoms with van der Waals surface area (Å²) >= 11 is 0. The molecule has 4 nitrogen and oxygen atoms in total. The molecule has 0 bridgehead atoms. The molecule has 0 aromatic carbocycles. The zero-order valence-corrected chi connectivity index (χ0v) is 8.25. The van der Waals surface area contributed by atoms with Crippen LogP contribution < -0.4 is 5.73 Å². The number of imidazole rings is 1. The van der Waals surface area contributed by atoms with Crippen LogP contribution in [-0.4, -0.2) is 15.0 Å². The largest absolute Gasteiger partial charge is 0.344 e. The van der Waals surface area contributed by atoms with Crippen molar-refractivity contribution in [3.05, 3.63) is 23.8 Å². The maximum Gasteiger partial charge on any atom is 0.110 e. The lowest BCUT2D eigenvalue weighted by Crippen LogP contribution is -2.02. The van der Waals surface area contributed by atoms with Crippen LogP contribution in [0.15, 0.2) is 12.4 Å². The second-order valence-corrected chi connectivity index (χ2v) is 3.31. The topological polar surface area (TPSA) is 67.6 Å². The van der Waals surface area contributed by atoms with Crippen LogP contribution in [0.2, 0.25) is 0 Å². The molecule has 0 saturated carbocycles. The second kappa shape index (κ2) is 3.75. The van der Waals surface area contributed by atoms with Crippen molar-refractivity contribution in [2.24, 2.45) is 5.73 Å². The summed E-state index contributed by atoms with van der Waals surface area (Å²) in [5.41, 5.74) is 9.55. The average Bonchev–Trinajstić information content (AvgIpc) is 2.66. The molecule has 4 heteroatoms. The van der Waals surface area contributed by atoms with E-state index in [2.05, 4.69) is 21.9 Å². The van der Waals surface area contributed by atoms with Gasteiger partial charge in [-0.1, -0.05) is 13.3 Å². The lowest BCUT2D eigenvalue weighted by molar-refractivity contribution is 0.865. The molecule has 14 heavy (non-hydrogen) atoms. The van der Waals surface area contributed by atoms with Crippen molar-refractivity contribution in [3.63, 3.8) is 0 Å². The van der Waals surface area contributed by atoms with Gasteiger partial charge in [0, 0.05) is 6.54 Å². The highest BCUT2D eigenvalue weighted by molar-refractivity contribution is 5.77. The van der Waals surface area contributed by atoms with E-state index in [0.29, 0.717) is 6.54 Å². The molecule has 0 radical (unpaired) electrons. The molecule has 0 amide bonds. The normalized spacial score (nSPS) is 11.0. The van der Waals surface area contributed by atoms with Crippen molar-refractivity contribution >= 4 is 11.0 Å². The minimum atomic E-state index is 0.478. The molecule has 0 aliphatic heterocycles.